The normalized spacial score (nSPS) is 17.0. The molecule has 0 atom stereocenters. The lowest BCUT2D eigenvalue weighted by Gasteiger charge is -2.35. The molecule has 2 aromatic rings. The van der Waals surface area contributed by atoms with Crippen molar-refractivity contribution >= 4 is 21.5 Å². The van der Waals surface area contributed by atoms with Crippen LogP contribution in [0.25, 0.3) is 5.65 Å². The smallest absolute Gasteiger partial charge is 0.213 e. The van der Waals surface area contributed by atoms with Crippen molar-refractivity contribution in [1.29, 1.82) is 0 Å². The number of hydrogen-bond donors (Lipinski definition) is 0. The summed E-state index contributed by atoms with van der Waals surface area (Å²) in [7, 11) is 0.0726. The zero-order chi connectivity index (χ0) is 17.2. The number of fused-ring (bicyclic) bond motifs is 1. The van der Waals surface area contributed by atoms with Gasteiger partial charge in [-0.1, -0.05) is 0 Å². The molecular formula is C15H24N6O2S. The molecule has 8 nitrogen and oxygen atoms in total. The van der Waals surface area contributed by atoms with Crippen molar-refractivity contribution in [2.24, 2.45) is 0 Å². The highest BCUT2D eigenvalue weighted by molar-refractivity contribution is 7.89. The van der Waals surface area contributed by atoms with Gasteiger partial charge in [0.25, 0.3) is 0 Å². The van der Waals surface area contributed by atoms with Crippen LogP contribution in [0.4, 0.5) is 5.82 Å². The summed E-state index contributed by atoms with van der Waals surface area (Å²) in [5, 5.41) is 4.57. The molecule has 1 fully saturated rings. The summed E-state index contributed by atoms with van der Waals surface area (Å²) in [6.45, 7) is 4.45. The molecule has 1 aliphatic heterocycles. The van der Waals surface area contributed by atoms with E-state index in [-0.39, 0.29) is 5.75 Å². The summed E-state index contributed by atoms with van der Waals surface area (Å²) in [5.41, 5.74) is 0.847. The molecule has 0 amide bonds. The quantitative estimate of drug-likeness (QED) is 0.736. The first-order chi connectivity index (χ1) is 11.5. The van der Waals surface area contributed by atoms with Gasteiger partial charge in [-0.2, -0.15) is 0 Å². The molecule has 0 aliphatic carbocycles. The highest BCUT2D eigenvalue weighted by Crippen LogP contribution is 2.14. The third kappa shape index (κ3) is 3.85. The van der Waals surface area contributed by atoms with E-state index < -0.39 is 10.0 Å². The molecule has 2 aromatic heterocycles. The van der Waals surface area contributed by atoms with E-state index in [0.29, 0.717) is 6.42 Å². The third-order valence-corrected chi connectivity index (χ3v) is 6.29. The Morgan fingerprint density at radius 1 is 1.17 bits per heavy atom. The molecule has 132 valence electrons. The van der Waals surface area contributed by atoms with Gasteiger partial charge in [-0.05, 0) is 25.1 Å². The molecule has 0 saturated carbocycles. The van der Waals surface area contributed by atoms with E-state index in [1.807, 2.05) is 18.3 Å². The molecule has 1 saturated heterocycles. The van der Waals surface area contributed by atoms with Crippen LogP contribution in [-0.2, 0) is 10.0 Å². The molecule has 1 aliphatic rings. The number of piperazine rings is 1. The van der Waals surface area contributed by atoms with Gasteiger partial charge in [0.15, 0.2) is 5.65 Å². The Balaban J connectivity index is 1.49. The average Bonchev–Trinajstić information content (AvgIpc) is 3.03. The zero-order valence-electron chi connectivity index (χ0n) is 14.2. The van der Waals surface area contributed by atoms with Gasteiger partial charge in [0.2, 0.25) is 10.0 Å². The summed E-state index contributed by atoms with van der Waals surface area (Å²) < 4.78 is 26.6. The van der Waals surface area contributed by atoms with Crippen molar-refractivity contribution < 1.29 is 8.42 Å². The monoisotopic (exact) mass is 352 g/mol. The van der Waals surface area contributed by atoms with Crippen LogP contribution in [0, 0.1) is 0 Å². The maximum atomic E-state index is 11.8. The SMILES string of the molecule is CN(C)S(=O)(=O)CCCN1CCN(c2ccc3nccn3n2)CC1. The molecular weight excluding hydrogens is 328 g/mol. The van der Waals surface area contributed by atoms with Gasteiger partial charge in [0.1, 0.15) is 5.82 Å². The van der Waals surface area contributed by atoms with E-state index >= 15 is 0 Å². The van der Waals surface area contributed by atoms with Gasteiger partial charge in [0, 0.05) is 52.7 Å². The zero-order valence-corrected chi connectivity index (χ0v) is 15.0. The molecule has 3 rings (SSSR count). The van der Waals surface area contributed by atoms with Gasteiger partial charge < -0.3 is 4.90 Å². The Labute approximate surface area is 142 Å². The fourth-order valence-electron chi connectivity index (χ4n) is 2.83. The van der Waals surface area contributed by atoms with Crippen molar-refractivity contribution in [2.75, 3.05) is 57.5 Å². The Kier molecular flexibility index (Phi) is 5.02. The molecule has 0 radical (unpaired) electrons. The Morgan fingerprint density at radius 3 is 2.62 bits per heavy atom. The summed E-state index contributed by atoms with van der Waals surface area (Å²) in [5.74, 6) is 1.16. The van der Waals surface area contributed by atoms with E-state index in [9.17, 15) is 8.42 Å². The summed E-state index contributed by atoms with van der Waals surface area (Å²) in [6.07, 6.45) is 4.26. The number of sulfonamides is 1. The first-order valence-electron chi connectivity index (χ1n) is 8.13. The standard InChI is InChI=1S/C15H24N6O2S/c1-18(2)24(22,23)13-3-7-19-9-11-20(12-10-19)15-5-4-14-16-6-8-21(14)17-15/h4-6,8H,3,7,9-13H2,1-2H3. The van der Waals surface area contributed by atoms with Crippen LogP contribution >= 0.6 is 0 Å². The minimum Gasteiger partial charge on any atom is -0.353 e. The highest BCUT2D eigenvalue weighted by atomic mass is 32.2. The van der Waals surface area contributed by atoms with E-state index in [1.165, 1.54) is 4.31 Å². The van der Waals surface area contributed by atoms with Crippen molar-refractivity contribution in [3.8, 4) is 0 Å². The van der Waals surface area contributed by atoms with E-state index in [4.69, 9.17) is 0 Å². The molecule has 0 aromatic carbocycles. The fraction of sp³-hybridized carbons (Fsp3) is 0.600. The minimum absolute atomic E-state index is 0.207. The number of nitrogens with zero attached hydrogens (tertiary/aromatic N) is 6. The molecule has 24 heavy (non-hydrogen) atoms. The summed E-state index contributed by atoms with van der Waals surface area (Å²) in [4.78, 5) is 8.78. The molecule has 0 N–H and O–H groups in total. The lowest BCUT2D eigenvalue weighted by atomic mass is 10.3. The lowest BCUT2D eigenvalue weighted by Crippen LogP contribution is -2.47. The van der Waals surface area contributed by atoms with E-state index in [0.717, 1.165) is 44.2 Å². The minimum atomic E-state index is -3.09. The van der Waals surface area contributed by atoms with Crippen LogP contribution in [0.1, 0.15) is 6.42 Å². The predicted molar refractivity (Wildman–Crippen MR) is 93.7 cm³/mol. The first-order valence-corrected chi connectivity index (χ1v) is 9.74. The number of anilines is 1. The topological polar surface area (TPSA) is 74.1 Å². The highest BCUT2D eigenvalue weighted by Gasteiger charge is 2.19. The summed E-state index contributed by atoms with van der Waals surface area (Å²) >= 11 is 0. The Hall–Kier alpha value is -1.71. The van der Waals surface area contributed by atoms with Crippen LogP contribution < -0.4 is 4.90 Å². The van der Waals surface area contributed by atoms with Gasteiger partial charge in [-0.15, -0.1) is 5.10 Å². The van der Waals surface area contributed by atoms with Crippen molar-refractivity contribution in [3.05, 3.63) is 24.5 Å². The van der Waals surface area contributed by atoms with Crippen molar-refractivity contribution in [3.63, 3.8) is 0 Å². The lowest BCUT2D eigenvalue weighted by molar-refractivity contribution is 0.257. The molecule has 0 unspecified atom stereocenters. The van der Waals surface area contributed by atoms with Gasteiger partial charge in [-0.25, -0.2) is 22.2 Å². The molecule has 0 spiro atoms. The number of hydrogen-bond acceptors (Lipinski definition) is 6. The van der Waals surface area contributed by atoms with Crippen LogP contribution in [-0.4, -0.2) is 84.8 Å². The van der Waals surface area contributed by atoms with E-state index in [1.54, 1.807) is 24.8 Å². The number of rotatable bonds is 6. The Bertz CT molecular complexity index is 780. The van der Waals surface area contributed by atoms with Crippen molar-refractivity contribution in [2.45, 2.75) is 6.42 Å². The summed E-state index contributed by atoms with van der Waals surface area (Å²) in [6, 6.07) is 3.97. The Morgan fingerprint density at radius 2 is 1.92 bits per heavy atom. The average molecular weight is 352 g/mol. The number of aromatic nitrogens is 3. The van der Waals surface area contributed by atoms with Crippen LogP contribution in [0.5, 0.6) is 0 Å². The third-order valence-electron chi connectivity index (χ3n) is 4.37. The second kappa shape index (κ2) is 7.04. The predicted octanol–water partition coefficient (Wildman–Crippen LogP) is 0.133. The molecule has 3 heterocycles. The number of imidazole rings is 1. The maximum absolute atomic E-state index is 11.8. The van der Waals surface area contributed by atoms with Gasteiger partial charge >= 0.3 is 0 Å². The molecule has 9 heteroatoms. The van der Waals surface area contributed by atoms with Crippen LogP contribution in [0.3, 0.4) is 0 Å². The van der Waals surface area contributed by atoms with Gasteiger partial charge in [0.05, 0.1) is 5.75 Å². The maximum Gasteiger partial charge on any atom is 0.213 e. The fourth-order valence-corrected chi connectivity index (χ4v) is 3.69. The van der Waals surface area contributed by atoms with E-state index in [2.05, 4.69) is 19.9 Å². The van der Waals surface area contributed by atoms with Crippen LogP contribution in [0.2, 0.25) is 0 Å². The van der Waals surface area contributed by atoms with Gasteiger partial charge in [-0.3, -0.25) is 4.90 Å². The second-order valence-electron chi connectivity index (χ2n) is 6.20. The van der Waals surface area contributed by atoms with Crippen molar-refractivity contribution in [1.82, 2.24) is 23.8 Å². The first kappa shape index (κ1) is 17.1. The second-order valence-corrected chi connectivity index (χ2v) is 8.50. The largest absolute Gasteiger partial charge is 0.353 e. The molecule has 0 bridgehead atoms. The van der Waals surface area contributed by atoms with Crippen LogP contribution in [0.15, 0.2) is 24.5 Å².